The zero-order chi connectivity index (χ0) is 14.8. The topological polar surface area (TPSA) is 83.6 Å². The maximum absolute atomic E-state index is 11.6. The molecule has 1 aliphatic heterocycles. The maximum atomic E-state index is 11.6. The van der Waals surface area contributed by atoms with Crippen molar-refractivity contribution in [1.82, 2.24) is 4.90 Å². The second-order valence-electron chi connectivity index (χ2n) is 5.24. The Hall–Kier alpha value is -1.88. The highest BCUT2D eigenvalue weighted by atomic mass is 16.4. The Morgan fingerprint density at radius 3 is 2.70 bits per heavy atom. The molecule has 1 heterocycles. The first-order chi connectivity index (χ1) is 9.51. The molecule has 1 aliphatic rings. The number of nitrogens with zero attached hydrogens (tertiary/aromatic N) is 1. The van der Waals surface area contributed by atoms with Gasteiger partial charge in [-0.15, -0.1) is 0 Å². The van der Waals surface area contributed by atoms with Gasteiger partial charge in [0.15, 0.2) is 0 Å². The lowest BCUT2D eigenvalue weighted by Crippen LogP contribution is -2.49. The number of carbonyl (C=O) groups excluding carboxylic acids is 1. The Morgan fingerprint density at radius 1 is 1.40 bits per heavy atom. The fourth-order valence-corrected chi connectivity index (χ4v) is 3.06. The SMILES string of the molecule is CCC1(C(=O)O)CCCN1Cc1ccccc1C(N)=O. The van der Waals surface area contributed by atoms with E-state index in [4.69, 9.17) is 5.73 Å². The van der Waals surface area contributed by atoms with Crippen LogP contribution in [0.5, 0.6) is 0 Å². The molecular formula is C15H20N2O3. The van der Waals surface area contributed by atoms with Gasteiger partial charge in [-0.2, -0.15) is 0 Å². The van der Waals surface area contributed by atoms with Gasteiger partial charge in [0.1, 0.15) is 5.54 Å². The number of hydrogen-bond donors (Lipinski definition) is 2. The highest BCUT2D eigenvalue weighted by molar-refractivity contribution is 5.94. The summed E-state index contributed by atoms with van der Waals surface area (Å²) in [5.41, 5.74) is 5.82. The van der Waals surface area contributed by atoms with Crippen LogP contribution in [0.1, 0.15) is 42.1 Å². The molecule has 5 nitrogen and oxygen atoms in total. The first-order valence-electron chi connectivity index (χ1n) is 6.87. The molecule has 0 radical (unpaired) electrons. The summed E-state index contributed by atoms with van der Waals surface area (Å²) in [4.78, 5) is 25.0. The summed E-state index contributed by atoms with van der Waals surface area (Å²) in [6, 6.07) is 7.12. The molecule has 108 valence electrons. The van der Waals surface area contributed by atoms with E-state index in [2.05, 4.69) is 0 Å². The van der Waals surface area contributed by atoms with E-state index < -0.39 is 17.4 Å². The van der Waals surface area contributed by atoms with Gasteiger partial charge in [0.2, 0.25) is 5.91 Å². The van der Waals surface area contributed by atoms with Crippen molar-refractivity contribution < 1.29 is 14.7 Å². The Balaban J connectivity index is 2.30. The zero-order valence-electron chi connectivity index (χ0n) is 11.6. The van der Waals surface area contributed by atoms with Crippen LogP contribution < -0.4 is 5.73 Å². The van der Waals surface area contributed by atoms with Gasteiger partial charge in [-0.1, -0.05) is 25.1 Å². The van der Waals surface area contributed by atoms with Crippen molar-refractivity contribution >= 4 is 11.9 Å². The quantitative estimate of drug-likeness (QED) is 0.856. The third-order valence-electron chi connectivity index (χ3n) is 4.25. The minimum atomic E-state index is -0.815. The Labute approximate surface area is 118 Å². The van der Waals surface area contributed by atoms with E-state index in [9.17, 15) is 14.7 Å². The highest BCUT2D eigenvalue weighted by Gasteiger charge is 2.46. The van der Waals surface area contributed by atoms with Crippen molar-refractivity contribution in [2.45, 2.75) is 38.3 Å². The Kier molecular flexibility index (Phi) is 4.09. The lowest BCUT2D eigenvalue weighted by Gasteiger charge is -2.34. The molecule has 0 saturated carbocycles. The minimum Gasteiger partial charge on any atom is -0.480 e. The standard InChI is InChI=1S/C15H20N2O3/c1-2-15(14(19)20)8-5-9-17(15)10-11-6-3-4-7-12(11)13(16)18/h3-4,6-7H,2,5,8-10H2,1H3,(H2,16,18)(H,19,20). The fraction of sp³-hybridized carbons (Fsp3) is 0.467. The number of carbonyl (C=O) groups is 2. The molecule has 3 N–H and O–H groups in total. The first-order valence-corrected chi connectivity index (χ1v) is 6.87. The molecule has 1 saturated heterocycles. The molecular weight excluding hydrogens is 256 g/mol. The van der Waals surface area contributed by atoms with Gasteiger partial charge < -0.3 is 10.8 Å². The summed E-state index contributed by atoms with van der Waals surface area (Å²) in [6.07, 6.45) is 2.07. The Morgan fingerprint density at radius 2 is 2.10 bits per heavy atom. The molecule has 1 amide bonds. The maximum Gasteiger partial charge on any atom is 0.324 e. The predicted octanol–water partition coefficient (Wildman–Crippen LogP) is 1.61. The third-order valence-corrected chi connectivity index (χ3v) is 4.25. The van der Waals surface area contributed by atoms with Crippen LogP contribution in [0.3, 0.4) is 0 Å². The van der Waals surface area contributed by atoms with Crippen LogP contribution >= 0.6 is 0 Å². The Bertz CT molecular complexity index is 530. The van der Waals surface area contributed by atoms with E-state index >= 15 is 0 Å². The molecule has 0 aliphatic carbocycles. The summed E-state index contributed by atoms with van der Waals surface area (Å²) in [7, 11) is 0. The second-order valence-corrected chi connectivity index (χ2v) is 5.24. The first kappa shape index (κ1) is 14.5. The van der Waals surface area contributed by atoms with Crippen LogP contribution in [0.4, 0.5) is 0 Å². The van der Waals surface area contributed by atoms with Crippen LogP contribution in [0.2, 0.25) is 0 Å². The van der Waals surface area contributed by atoms with Gasteiger partial charge in [0, 0.05) is 12.1 Å². The summed E-state index contributed by atoms with van der Waals surface area (Å²) in [5, 5.41) is 9.56. The average Bonchev–Trinajstić information content (AvgIpc) is 2.83. The van der Waals surface area contributed by atoms with Gasteiger partial charge in [-0.3, -0.25) is 14.5 Å². The summed E-state index contributed by atoms with van der Waals surface area (Å²) < 4.78 is 0. The molecule has 2 rings (SSSR count). The van der Waals surface area contributed by atoms with Crippen LogP contribution in [0.25, 0.3) is 0 Å². The van der Waals surface area contributed by atoms with Gasteiger partial charge in [-0.25, -0.2) is 0 Å². The van der Waals surface area contributed by atoms with Crippen LogP contribution in [0, 0.1) is 0 Å². The number of amides is 1. The van der Waals surface area contributed by atoms with Crippen molar-refractivity contribution in [3.05, 3.63) is 35.4 Å². The molecule has 1 aromatic rings. The van der Waals surface area contributed by atoms with E-state index in [-0.39, 0.29) is 0 Å². The largest absolute Gasteiger partial charge is 0.480 e. The van der Waals surface area contributed by atoms with Gasteiger partial charge in [0.05, 0.1) is 0 Å². The van der Waals surface area contributed by atoms with Gasteiger partial charge >= 0.3 is 5.97 Å². The highest BCUT2D eigenvalue weighted by Crippen LogP contribution is 2.34. The van der Waals surface area contributed by atoms with Crippen molar-refractivity contribution in [3.8, 4) is 0 Å². The lowest BCUT2D eigenvalue weighted by atomic mass is 9.92. The van der Waals surface area contributed by atoms with Crippen molar-refractivity contribution in [3.63, 3.8) is 0 Å². The number of carboxylic acid groups (broad SMARTS) is 1. The smallest absolute Gasteiger partial charge is 0.324 e. The summed E-state index contributed by atoms with van der Waals surface area (Å²) in [5.74, 6) is -1.26. The van der Waals surface area contributed by atoms with E-state index in [1.807, 2.05) is 24.0 Å². The van der Waals surface area contributed by atoms with E-state index in [1.54, 1.807) is 12.1 Å². The second kappa shape index (κ2) is 5.63. The third kappa shape index (κ3) is 2.41. The molecule has 0 spiro atoms. The molecule has 20 heavy (non-hydrogen) atoms. The van der Waals surface area contributed by atoms with Gasteiger partial charge in [0.25, 0.3) is 0 Å². The number of nitrogens with two attached hydrogens (primary N) is 1. The zero-order valence-corrected chi connectivity index (χ0v) is 11.6. The lowest BCUT2D eigenvalue weighted by molar-refractivity contribution is -0.150. The molecule has 0 bridgehead atoms. The molecule has 5 heteroatoms. The van der Waals surface area contributed by atoms with Crippen molar-refractivity contribution in [2.75, 3.05) is 6.54 Å². The number of likely N-dealkylation sites (tertiary alicyclic amines) is 1. The van der Waals surface area contributed by atoms with Gasteiger partial charge in [-0.05, 0) is 37.4 Å². The molecule has 0 aromatic heterocycles. The normalized spacial score (nSPS) is 22.9. The number of aliphatic carboxylic acids is 1. The molecule has 1 fully saturated rings. The van der Waals surface area contributed by atoms with Crippen LogP contribution in [-0.4, -0.2) is 34.0 Å². The van der Waals surface area contributed by atoms with Crippen LogP contribution in [-0.2, 0) is 11.3 Å². The van der Waals surface area contributed by atoms with E-state index in [1.165, 1.54) is 0 Å². The number of hydrogen-bond acceptors (Lipinski definition) is 3. The predicted molar refractivity (Wildman–Crippen MR) is 75.3 cm³/mol. The van der Waals surface area contributed by atoms with E-state index in [0.717, 1.165) is 18.5 Å². The summed E-state index contributed by atoms with van der Waals surface area (Å²) in [6.45, 7) is 3.07. The minimum absolute atomic E-state index is 0.444. The van der Waals surface area contributed by atoms with Crippen molar-refractivity contribution in [2.24, 2.45) is 5.73 Å². The molecule has 1 aromatic carbocycles. The number of primary amides is 1. The molecule has 1 atom stereocenters. The average molecular weight is 276 g/mol. The summed E-state index contributed by atoms with van der Waals surface area (Å²) >= 11 is 0. The van der Waals surface area contributed by atoms with E-state index in [0.29, 0.717) is 24.9 Å². The van der Waals surface area contributed by atoms with Crippen LogP contribution in [0.15, 0.2) is 24.3 Å². The molecule has 1 unspecified atom stereocenters. The number of benzene rings is 1. The monoisotopic (exact) mass is 276 g/mol. The fourth-order valence-electron chi connectivity index (χ4n) is 3.06. The van der Waals surface area contributed by atoms with Crippen molar-refractivity contribution in [1.29, 1.82) is 0 Å². The number of rotatable bonds is 5. The number of carboxylic acids is 1.